The Morgan fingerprint density at radius 2 is 1.88 bits per heavy atom. The minimum Gasteiger partial charge on any atom is -0.488 e. The lowest BCUT2D eigenvalue weighted by Gasteiger charge is -2.30. The molecule has 0 aromatic heterocycles. The second kappa shape index (κ2) is 15.4. The average molecular weight is 753 g/mol. The van der Waals surface area contributed by atoms with Crippen LogP contribution in [0.25, 0.3) is 0 Å². The van der Waals surface area contributed by atoms with Gasteiger partial charge in [0, 0.05) is 26.9 Å². The number of hydrazone groups is 1. The summed E-state index contributed by atoms with van der Waals surface area (Å²) in [5.41, 5.74) is 5.62. The Bertz CT molecular complexity index is 1600. The molecule has 0 saturated carbocycles. The van der Waals surface area contributed by atoms with Gasteiger partial charge in [-0.3, -0.25) is 4.79 Å². The minimum atomic E-state index is -0.623. The maximum atomic E-state index is 12.7. The number of carbonyl (C=O) groups is 2. The van der Waals surface area contributed by atoms with Crippen molar-refractivity contribution >= 4 is 81.2 Å². The number of nitrogens with zero attached hydrogens (tertiary/aromatic N) is 1. The number of esters is 1. The molecule has 3 N–H and O–H groups in total. The number of ether oxygens (including phenoxy) is 3. The number of hydrogen-bond acceptors (Lipinski definition) is 7. The maximum Gasteiger partial charge on any atom is 0.338 e. The summed E-state index contributed by atoms with van der Waals surface area (Å²) in [6.45, 7) is 3.70. The van der Waals surface area contributed by atoms with E-state index in [0.717, 1.165) is 14.7 Å². The summed E-state index contributed by atoms with van der Waals surface area (Å²) in [5, 5.41) is 11.6. The Labute approximate surface area is 278 Å². The van der Waals surface area contributed by atoms with Gasteiger partial charge in [-0.25, -0.2) is 10.2 Å². The molecule has 9 nitrogen and oxygen atoms in total. The van der Waals surface area contributed by atoms with Gasteiger partial charge in [0.15, 0.2) is 11.7 Å². The van der Waals surface area contributed by atoms with Crippen LogP contribution in [-0.2, 0) is 20.9 Å². The molecule has 3 aromatic rings. The number of halogens is 3. The van der Waals surface area contributed by atoms with Crippen molar-refractivity contribution in [2.75, 3.05) is 13.2 Å². The van der Waals surface area contributed by atoms with Gasteiger partial charge >= 0.3 is 5.97 Å². The van der Waals surface area contributed by atoms with E-state index in [9.17, 15) is 9.59 Å². The Balaban J connectivity index is 1.35. The largest absolute Gasteiger partial charge is 0.488 e. The van der Waals surface area contributed by atoms with Crippen molar-refractivity contribution in [3.05, 3.63) is 102 Å². The van der Waals surface area contributed by atoms with Crippen molar-refractivity contribution in [2.24, 2.45) is 5.10 Å². The first-order valence-electron chi connectivity index (χ1n) is 13.0. The van der Waals surface area contributed by atoms with Gasteiger partial charge in [-0.15, -0.1) is 0 Å². The topological polar surface area (TPSA) is 110 Å². The summed E-state index contributed by atoms with van der Waals surface area (Å²) in [7, 11) is 0. The fraction of sp³-hybridized carbons (Fsp3) is 0.200. The molecular formula is C30H27Cl2IN4O5S. The van der Waals surface area contributed by atoms with E-state index in [1.165, 1.54) is 6.21 Å². The molecule has 1 aliphatic heterocycles. The van der Waals surface area contributed by atoms with E-state index in [-0.39, 0.29) is 13.2 Å². The summed E-state index contributed by atoms with van der Waals surface area (Å²) < 4.78 is 17.8. The van der Waals surface area contributed by atoms with Gasteiger partial charge in [0.05, 0.1) is 28.0 Å². The van der Waals surface area contributed by atoms with Gasteiger partial charge in [-0.05, 0) is 90.6 Å². The van der Waals surface area contributed by atoms with Crippen molar-refractivity contribution in [2.45, 2.75) is 26.5 Å². The molecule has 1 amide bonds. The number of hydrogen-bond donors (Lipinski definition) is 3. The maximum absolute atomic E-state index is 12.7. The number of amides is 1. The average Bonchev–Trinajstić information content (AvgIpc) is 2.96. The molecule has 0 aliphatic carbocycles. The van der Waals surface area contributed by atoms with Crippen LogP contribution in [0.5, 0.6) is 11.5 Å². The predicted molar refractivity (Wildman–Crippen MR) is 179 cm³/mol. The van der Waals surface area contributed by atoms with E-state index in [2.05, 4.69) is 43.8 Å². The zero-order valence-corrected chi connectivity index (χ0v) is 27.6. The lowest BCUT2D eigenvalue weighted by molar-refractivity contribution is -0.139. The van der Waals surface area contributed by atoms with Gasteiger partial charge in [-0.1, -0.05) is 47.5 Å². The Kier molecular flexibility index (Phi) is 11.6. The molecule has 0 saturated heterocycles. The summed E-state index contributed by atoms with van der Waals surface area (Å²) in [4.78, 5) is 25.2. The van der Waals surface area contributed by atoms with Gasteiger partial charge in [-0.2, -0.15) is 5.10 Å². The molecule has 43 heavy (non-hydrogen) atoms. The normalized spacial score (nSPS) is 14.6. The molecule has 0 radical (unpaired) electrons. The van der Waals surface area contributed by atoms with E-state index >= 15 is 0 Å². The highest BCUT2D eigenvalue weighted by Gasteiger charge is 2.32. The van der Waals surface area contributed by atoms with Crippen molar-refractivity contribution in [1.82, 2.24) is 16.1 Å². The summed E-state index contributed by atoms with van der Waals surface area (Å²) in [6, 6.07) is 17.2. The smallest absolute Gasteiger partial charge is 0.338 e. The van der Waals surface area contributed by atoms with Crippen LogP contribution in [-0.4, -0.2) is 36.4 Å². The SMILES string of the molecule is CCOC(=O)C1=C(C)NC(=S)N[C@H]1c1ccccc1OCC(=O)NN=Cc1ccc(OCc2ccc(Cl)cc2Cl)c(I)c1. The minimum absolute atomic E-state index is 0.225. The number of benzene rings is 3. The van der Waals surface area contributed by atoms with E-state index in [1.807, 2.05) is 30.3 Å². The molecule has 0 bridgehead atoms. The Morgan fingerprint density at radius 1 is 1.09 bits per heavy atom. The molecule has 3 aromatic carbocycles. The van der Waals surface area contributed by atoms with Crippen LogP contribution in [0.15, 0.2) is 77.0 Å². The second-order valence-electron chi connectivity index (χ2n) is 9.12. The first kappa shape index (κ1) is 32.5. The molecule has 1 atom stereocenters. The van der Waals surface area contributed by atoms with Gasteiger partial charge in [0.2, 0.25) is 0 Å². The van der Waals surface area contributed by atoms with E-state index in [1.54, 1.807) is 44.2 Å². The van der Waals surface area contributed by atoms with Crippen LogP contribution < -0.4 is 25.5 Å². The lowest BCUT2D eigenvalue weighted by Crippen LogP contribution is -2.45. The highest BCUT2D eigenvalue weighted by molar-refractivity contribution is 14.1. The third-order valence-electron chi connectivity index (χ3n) is 6.11. The first-order chi connectivity index (χ1) is 20.7. The highest BCUT2D eigenvalue weighted by atomic mass is 127. The molecule has 4 rings (SSSR count). The number of nitrogens with one attached hydrogen (secondary N) is 3. The zero-order chi connectivity index (χ0) is 30.9. The van der Waals surface area contributed by atoms with Crippen molar-refractivity contribution in [3.63, 3.8) is 0 Å². The molecule has 0 unspecified atom stereocenters. The number of allylic oxidation sites excluding steroid dienone is 1. The second-order valence-corrected chi connectivity index (χ2v) is 11.5. The molecule has 1 heterocycles. The fourth-order valence-corrected chi connectivity index (χ4v) is 5.55. The van der Waals surface area contributed by atoms with Crippen molar-refractivity contribution in [1.29, 1.82) is 0 Å². The Morgan fingerprint density at radius 3 is 2.63 bits per heavy atom. The van der Waals surface area contributed by atoms with Crippen LogP contribution in [0, 0.1) is 3.57 Å². The van der Waals surface area contributed by atoms with E-state index < -0.39 is 17.9 Å². The van der Waals surface area contributed by atoms with Crippen LogP contribution >= 0.6 is 58.0 Å². The van der Waals surface area contributed by atoms with Crippen LogP contribution in [0.3, 0.4) is 0 Å². The van der Waals surface area contributed by atoms with Gasteiger partial charge < -0.3 is 24.8 Å². The third kappa shape index (κ3) is 8.82. The summed E-state index contributed by atoms with van der Waals surface area (Å²) in [6.07, 6.45) is 1.52. The standard InChI is InChI=1S/C30H27Cl2IN4O5S/c1-3-40-29(39)27-17(2)35-30(43)36-28(27)21-6-4-5-7-24(21)42-16-26(38)37-34-14-18-8-11-25(23(33)12-18)41-15-19-9-10-20(31)13-22(19)32/h4-14,28H,3,15-16H2,1-2H3,(H,37,38)(H2,35,36,43)/t28-/m0/s1. The van der Waals surface area contributed by atoms with Crippen molar-refractivity contribution in [3.8, 4) is 11.5 Å². The van der Waals surface area contributed by atoms with E-state index in [4.69, 9.17) is 49.6 Å². The quantitative estimate of drug-likeness (QED) is 0.0714. The number of carbonyl (C=O) groups excluding carboxylic acids is 2. The Hall–Kier alpha value is -3.39. The molecule has 0 fully saturated rings. The lowest BCUT2D eigenvalue weighted by atomic mass is 9.95. The molecule has 224 valence electrons. The molecule has 1 aliphatic rings. The van der Waals surface area contributed by atoms with Crippen LogP contribution in [0.2, 0.25) is 10.0 Å². The van der Waals surface area contributed by atoms with Crippen molar-refractivity contribution < 1.29 is 23.8 Å². The molecule has 13 heteroatoms. The first-order valence-corrected chi connectivity index (χ1v) is 15.3. The van der Waals surface area contributed by atoms with Gasteiger partial charge in [0.1, 0.15) is 18.1 Å². The number of para-hydroxylation sites is 1. The number of rotatable bonds is 11. The monoisotopic (exact) mass is 752 g/mol. The van der Waals surface area contributed by atoms with E-state index in [0.29, 0.717) is 50.1 Å². The summed E-state index contributed by atoms with van der Waals surface area (Å²) >= 11 is 19.7. The molecule has 0 spiro atoms. The predicted octanol–water partition coefficient (Wildman–Crippen LogP) is 6.06. The zero-order valence-electron chi connectivity index (χ0n) is 23.1. The fourth-order valence-electron chi connectivity index (χ4n) is 4.12. The molecular weight excluding hydrogens is 726 g/mol. The van der Waals surface area contributed by atoms with Crippen LogP contribution in [0.4, 0.5) is 0 Å². The number of thiocarbonyl (C=S) groups is 1. The highest BCUT2D eigenvalue weighted by Crippen LogP contribution is 2.33. The van der Waals surface area contributed by atoms with Crippen LogP contribution in [0.1, 0.15) is 36.6 Å². The third-order valence-corrected chi connectivity index (χ3v) is 7.76. The summed E-state index contributed by atoms with van der Waals surface area (Å²) in [5.74, 6) is 0.143. The van der Waals surface area contributed by atoms with Gasteiger partial charge in [0.25, 0.3) is 5.91 Å².